The van der Waals surface area contributed by atoms with E-state index < -0.39 is 0 Å². The number of benzene rings is 1. The smallest absolute Gasteiger partial charge is 0.0763 e. The quantitative estimate of drug-likeness (QED) is 0.860. The van der Waals surface area contributed by atoms with Crippen LogP contribution in [0.25, 0.3) is 0 Å². The first-order chi connectivity index (χ1) is 7.79. The number of alkyl halides is 1. The molecule has 1 unspecified atom stereocenters. The van der Waals surface area contributed by atoms with Crippen molar-refractivity contribution in [1.82, 2.24) is 4.90 Å². The Labute approximate surface area is 105 Å². The second-order valence-electron chi connectivity index (χ2n) is 4.42. The van der Waals surface area contributed by atoms with Gasteiger partial charge < -0.3 is 5.11 Å². The molecule has 1 aliphatic heterocycles. The van der Waals surface area contributed by atoms with Crippen LogP contribution in [0.5, 0.6) is 0 Å². The molecule has 0 radical (unpaired) electrons. The van der Waals surface area contributed by atoms with Gasteiger partial charge in [0.05, 0.1) is 6.10 Å². The molecule has 1 heterocycles. The first-order valence-electron chi connectivity index (χ1n) is 5.83. The zero-order chi connectivity index (χ0) is 11.4. The SMILES string of the molecule is OC(CBr)CN1CCCc2ccccc2C1. The van der Waals surface area contributed by atoms with Crippen molar-refractivity contribution in [2.45, 2.75) is 25.5 Å². The number of halogens is 1. The third-order valence-electron chi connectivity index (χ3n) is 3.08. The maximum Gasteiger partial charge on any atom is 0.0763 e. The van der Waals surface area contributed by atoms with Crippen LogP contribution in [0.15, 0.2) is 24.3 Å². The number of fused-ring (bicyclic) bond motifs is 1. The monoisotopic (exact) mass is 283 g/mol. The molecule has 0 saturated carbocycles. The molecule has 2 nitrogen and oxygen atoms in total. The zero-order valence-corrected chi connectivity index (χ0v) is 11.0. The van der Waals surface area contributed by atoms with Gasteiger partial charge in [-0.25, -0.2) is 0 Å². The minimum absolute atomic E-state index is 0.259. The summed E-state index contributed by atoms with van der Waals surface area (Å²) in [5.74, 6) is 0. The van der Waals surface area contributed by atoms with Crippen molar-refractivity contribution in [3.63, 3.8) is 0 Å². The average Bonchev–Trinajstić information content (AvgIpc) is 2.50. The van der Waals surface area contributed by atoms with Crippen molar-refractivity contribution in [2.24, 2.45) is 0 Å². The molecule has 1 atom stereocenters. The molecule has 0 spiro atoms. The van der Waals surface area contributed by atoms with E-state index in [9.17, 15) is 5.11 Å². The summed E-state index contributed by atoms with van der Waals surface area (Å²) in [6, 6.07) is 8.64. The van der Waals surface area contributed by atoms with E-state index >= 15 is 0 Å². The Kier molecular flexibility index (Phi) is 4.38. The molecule has 16 heavy (non-hydrogen) atoms. The second-order valence-corrected chi connectivity index (χ2v) is 5.06. The Morgan fingerprint density at radius 3 is 2.81 bits per heavy atom. The molecular formula is C13H18BrNO. The number of rotatable bonds is 3. The van der Waals surface area contributed by atoms with E-state index in [2.05, 4.69) is 45.1 Å². The lowest BCUT2D eigenvalue weighted by Gasteiger charge is -2.22. The van der Waals surface area contributed by atoms with Gasteiger partial charge in [-0.05, 0) is 30.5 Å². The van der Waals surface area contributed by atoms with E-state index in [1.807, 2.05) is 0 Å². The number of nitrogens with zero attached hydrogens (tertiary/aromatic N) is 1. The standard InChI is InChI=1S/C13H18BrNO/c14-8-13(16)10-15-7-3-6-11-4-1-2-5-12(11)9-15/h1-2,4-5,13,16H,3,6-10H2. The van der Waals surface area contributed by atoms with Crippen LogP contribution in [-0.2, 0) is 13.0 Å². The third kappa shape index (κ3) is 3.06. The van der Waals surface area contributed by atoms with Crippen molar-refractivity contribution in [3.05, 3.63) is 35.4 Å². The van der Waals surface area contributed by atoms with Gasteiger partial charge in [0.2, 0.25) is 0 Å². The largest absolute Gasteiger partial charge is 0.391 e. The van der Waals surface area contributed by atoms with Gasteiger partial charge in [-0.2, -0.15) is 0 Å². The Balaban J connectivity index is 2.05. The average molecular weight is 284 g/mol. The van der Waals surface area contributed by atoms with Gasteiger partial charge in [0.15, 0.2) is 0 Å². The summed E-state index contributed by atoms with van der Waals surface area (Å²) in [6.45, 7) is 2.82. The van der Waals surface area contributed by atoms with Crippen LogP contribution in [0.1, 0.15) is 17.5 Å². The highest BCUT2D eigenvalue weighted by Crippen LogP contribution is 2.18. The van der Waals surface area contributed by atoms with Crippen LogP contribution in [-0.4, -0.2) is 34.5 Å². The molecule has 0 saturated heterocycles. The number of hydrogen-bond acceptors (Lipinski definition) is 2. The molecule has 3 heteroatoms. The van der Waals surface area contributed by atoms with Crippen LogP contribution < -0.4 is 0 Å². The fraction of sp³-hybridized carbons (Fsp3) is 0.538. The van der Waals surface area contributed by atoms with E-state index in [0.717, 1.165) is 26.1 Å². The van der Waals surface area contributed by atoms with Gasteiger partial charge in [-0.15, -0.1) is 0 Å². The molecule has 0 amide bonds. The first-order valence-corrected chi connectivity index (χ1v) is 6.95. The Hall–Kier alpha value is -0.380. The van der Waals surface area contributed by atoms with Gasteiger partial charge >= 0.3 is 0 Å². The molecule has 1 aromatic carbocycles. The van der Waals surface area contributed by atoms with Crippen LogP contribution in [0.2, 0.25) is 0 Å². The minimum Gasteiger partial charge on any atom is -0.391 e. The van der Waals surface area contributed by atoms with Crippen LogP contribution in [0.3, 0.4) is 0 Å². The fourth-order valence-electron chi connectivity index (χ4n) is 2.27. The maximum atomic E-state index is 9.66. The highest BCUT2D eigenvalue weighted by atomic mass is 79.9. The van der Waals surface area contributed by atoms with Crippen molar-refractivity contribution < 1.29 is 5.11 Å². The third-order valence-corrected chi connectivity index (χ3v) is 3.83. The van der Waals surface area contributed by atoms with E-state index in [1.54, 1.807) is 0 Å². The van der Waals surface area contributed by atoms with Gasteiger partial charge in [-0.3, -0.25) is 4.90 Å². The highest BCUT2D eigenvalue weighted by molar-refractivity contribution is 9.09. The van der Waals surface area contributed by atoms with Crippen molar-refractivity contribution in [2.75, 3.05) is 18.4 Å². The molecule has 0 aliphatic carbocycles. The van der Waals surface area contributed by atoms with Gasteiger partial charge in [0.1, 0.15) is 0 Å². The maximum absolute atomic E-state index is 9.66. The second kappa shape index (κ2) is 5.80. The lowest BCUT2D eigenvalue weighted by atomic mass is 10.0. The van der Waals surface area contributed by atoms with Gasteiger partial charge in [-0.1, -0.05) is 40.2 Å². The number of aliphatic hydroxyl groups is 1. The molecule has 0 bridgehead atoms. The Morgan fingerprint density at radius 2 is 2.06 bits per heavy atom. The summed E-state index contributed by atoms with van der Waals surface area (Å²) >= 11 is 3.32. The van der Waals surface area contributed by atoms with Crippen molar-refractivity contribution in [3.8, 4) is 0 Å². The van der Waals surface area contributed by atoms with E-state index in [0.29, 0.717) is 5.33 Å². The molecule has 1 N–H and O–H groups in total. The summed E-state index contributed by atoms with van der Waals surface area (Å²) in [7, 11) is 0. The van der Waals surface area contributed by atoms with Crippen LogP contribution in [0.4, 0.5) is 0 Å². The highest BCUT2D eigenvalue weighted by Gasteiger charge is 2.16. The first kappa shape index (κ1) is 12.1. The van der Waals surface area contributed by atoms with E-state index in [-0.39, 0.29) is 6.10 Å². The number of aliphatic hydroxyl groups excluding tert-OH is 1. The summed E-state index contributed by atoms with van der Waals surface area (Å²) in [5.41, 5.74) is 2.89. The molecule has 0 aromatic heterocycles. The Bertz CT molecular complexity index is 342. The molecule has 88 valence electrons. The number of aryl methyl sites for hydroxylation is 1. The topological polar surface area (TPSA) is 23.5 Å². The van der Waals surface area contributed by atoms with Crippen LogP contribution >= 0.6 is 15.9 Å². The summed E-state index contributed by atoms with van der Waals surface area (Å²) in [6.07, 6.45) is 2.09. The molecule has 1 aliphatic rings. The number of β-amino-alcohol motifs (C(OH)–C–C–N with tert-alkyl or cyclic N) is 1. The lowest BCUT2D eigenvalue weighted by molar-refractivity contribution is 0.127. The molecule has 0 fully saturated rings. The van der Waals surface area contributed by atoms with E-state index in [1.165, 1.54) is 17.5 Å². The molecule has 1 aromatic rings. The number of hydrogen-bond donors (Lipinski definition) is 1. The predicted molar refractivity (Wildman–Crippen MR) is 69.8 cm³/mol. The molecule has 2 rings (SSSR count). The minimum atomic E-state index is -0.259. The fourth-order valence-corrected chi connectivity index (χ4v) is 2.48. The normalized spacial score (nSPS) is 18.9. The predicted octanol–water partition coefficient (Wildman–Crippen LogP) is 2.19. The summed E-state index contributed by atoms with van der Waals surface area (Å²) in [5, 5.41) is 10.3. The lowest BCUT2D eigenvalue weighted by Crippen LogP contribution is -2.33. The van der Waals surface area contributed by atoms with Crippen LogP contribution in [0, 0.1) is 0 Å². The molecular weight excluding hydrogens is 266 g/mol. The zero-order valence-electron chi connectivity index (χ0n) is 9.40. The van der Waals surface area contributed by atoms with Gasteiger partial charge in [0, 0.05) is 18.4 Å². The van der Waals surface area contributed by atoms with E-state index in [4.69, 9.17) is 0 Å². The summed E-state index contributed by atoms with van der Waals surface area (Å²) < 4.78 is 0. The van der Waals surface area contributed by atoms with Gasteiger partial charge in [0.25, 0.3) is 0 Å². The summed E-state index contributed by atoms with van der Waals surface area (Å²) in [4.78, 5) is 2.34. The Morgan fingerprint density at radius 1 is 1.31 bits per heavy atom. The van der Waals surface area contributed by atoms with Crippen molar-refractivity contribution in [1.29, 1.82) is 0 Å². The van der Waals surface area contributed by atoms with Crippen molar-refractivity contribution >= 4 is 15.9 Å².